The van der Waals surface area contributed by atoms with E-state index in [1.165, 1.54) is 0 Å². The van der Waals surface area contributed by atoms with Crippen molar-refractivity contribution in [2.75, 3.05) is 26.2 Å². The number of carboxylic acids is 1. The van der Waals surface area contributed by atoms with Gasteiger partial charge in [0.15, 0.2) is 0 Å². The number of carboxylic acid groups (broad SMARTS) is 1. The van der Waals surface area contributed by atoms with Crippen LogP contribution in [0.5, 0.6) is 0 Å². The summed E-state index contributed by atoms with van der Waals surface area (Å²) in [4.78, 5) is 26.5. The molecule has 5 heteroatoms. The second kappa shape index (κ2) is 6.00. The molecule has 0 aromatic carbocycles. The molecule has 1 amide bonds. The van der Waals surface area contributed by atoms with Crippen LogP contribution in [-0.2, 0) is 9.59 Å². The predicted molar refractivity (Wildman–Crippen MR) is 64.7 cm³/mol. The lowest BCUT2D eigenvalue weighted by atomic mass is 10.1. The summed E-state index contributed by atoms with van der Waals surface area (Å²) in [5, 5.41) is 9.06. The van der Waals surface area contributed by atoms with Gasteiger partial charge in [0.2, 0.25) is 5.91 Å². The number of rotatable bonds is 5. The van der Waals surface area contributed by atoms with Gasteiger partial charge in [-0.1, -0.05) is 20.8 Å². The third kappa shape index (κ3) is 3.70. The van der Waals surface area contributed by atoms with Crippen LogP contribution in [0.2, 0.25) is 0 Å². The molecule has 0 bridgehead atoms. The number of hydrogen-bond donors (Lipinski definition) is 1. The maximum atomic E-state index is 11.9. The Kier molecular flexibility index (Phi) is 4.93. The van der Waals surface area contributed by atoms with E-state index in [4.69, 9.17) is 5.11 Å². The molecule has 17 heavy (non-hydrogen) atoms. The molecule has 1 fully saturated rings. The number of carbonyl (C=O) groups excluding carboxylic acids is 1. The summed E-state index contributed by atoms with van der Waals surface area (Å²) >= 11 is 0. The first kappa shape index (κ1) is 14.0. The van der Waals surface area contributed by atoms with Crippen LogP contribution >= 0.6 is 0 Å². The summed E-state index contributed by atoms with van der Waals surface area (Å²) < 4.78 is 0. The minimum atomic E-state index is -0.836. The van der Waals surface area contributed by atoms with E-state index >= 15 is 0 Å². The van der Waals surface area contributed by atoms with Crippen molar-refractivity contribution < 1.29 is 14.7 Å². The van der Waals surface area contributed by atoms with Gasteiger partial charge in [-0.3, -0.25) is 14.5 Å². The summed E-state index contributed by atoms with van der Waals surface area (Å²) in [6, 6.07) is -0.528. The third-order valence-corrected chi connectivity index (χ3v) is 3.05. The van der Waals surface area contributed by atoms with Gasteiger partial charge in [-0.25, -0.2) is 0 Å². The quantitative estimate of drug-likeness (QED) is 0.769. The molecule has 1 aliphatic rings. The maximum Gasteiger partial charge on any atom is 0.320 e. The van der Waals surface area contributed by atoms with Gasteiger partial charge in [-0.05, 0) is 12.3 Å². The molecule has 1 saturated heterocycles. The third-order valence-electron chi connectivity index (χ3n) is 3.05. The van der Waals surface area contributed by atoms with Crippen LogP contribution in [0, 0.1) is 5.92 Å². The van der Waals surface area contributed by atoms with Crippen molar-refractivity contribution in [3.8, 4) is 0 Å². The summed E-state index contributed by atoms with van der Waals surface area (Å²) in [6.45, 7) is 8.28. The SMILES string of the molecule is CCC(C(=O)O)N1CCN(CC(C)C)C(=O)C1. The van der Waals surface area contributed by atoms with Crippen molar-refractivity contribution >= 4 is 11.9 Å². The highest BCUT2D eigenvalue weighted by Crippen LogP contribution is 2.12. The van der Waals surface area contributed by atoms with Gasteiger partial charge >= 0.3 is 5.97 Å². The van der Waals surface area contributed by atoms with E-state index < -0.39 is 12.0 Å². The van der Waals surface area contributed by atoms with Crippen molar-refractivity contribution in [1.29, 1.82) is 0 Å². The predicted octanol–water partition coefficient (Wildman–Crippen LogP) is 0.650. The molecule has 5 nitrogen and oxygen atoms in total. The number of carbonyl (C=O) groups is 2. The van der Waals surface area contributed by atoms with E-state index in [2.05, 4.69) is 13.8 Å². The summed E-state index contributed by atoms with van der Waals surface area (Å²) in [5.74, 6) is -0.339. The Labute approximate surface area is 102 Å². The number of piperazine rings is 1. The molecule has 1 unspecified atom stereocenters. The molecule has 0 radical (unpaired) electrons. The van der Waals surface area contributed by atoms with Crippen LogP contribution < -0.4 is 0 Å². The Morgan fingerprint density at radius 1 is 1.41 bits per heavy atom. The molecule has 1 aliphatic heterocycles. The lowest BCUT2D eigenvalue weighted by molar-refractivity contribution is -0.147. The van der Waals surface area contributed by atoms with E-state index in [1.807, 2.05) is 11.8 Å². The molecule has 0 saturated carbocycles. The first-order chi connectivity index (χ1) is 7.95. The summed E-state index contributed by atoms with van der Waals surface area (Å²) in [7, 11) is 0. The van der Waals surface area contributed by atoms with E-state index in [9.17, 15) is 9.59 Å². The molecule has 98 valence electrons. The lowest BCUT2D eigenvalue weighted by Gasteiger charge is -2.37. The molecular formula is C12H22N2O3. The Balaban J connectivity index is 2.57. The molecule has 0 spiro atoms. The van der Waals surface area contributed by atoms with Crippen molar-refractivity contribution in [3.05, 3.63) is 0 Å². The fraction of sp³-hybridized carbons (Fsp3) is 0.833. The van der Waals surface area contributed by atoms with Crippen LogP contribution in [0.15, 0.2) is 0 Å². The van der Waals surface area contributed by atoms with Gasteiger partial charge in [0.25, 0.3) is 0 Å². The standard InChI is InChI=1S/C12H22N2O3/c1-4-10(12(16)17)13-5-6-14(7-9(2)3)11(15)8-13/h9-10H,4-8H2,1-3H3,(H,16,17). The number of hydrogen-bond acceptors (Lipinski definition) is 3. The van der Waals surface area contributed by atoms with Crippen LogP contribution in [0.4, 0.5) is 0 Å². The molecule has 1 rings (SSSR count). The first-order valence-electron chi connectivity index (χ1n) is 6.20. The zero-order valence-electron chi connectivity index (χ0n) is 10.8. The second-order valence-corrected chi connectivity index (χ2v) is 4.97. The van der Waals surface area contributed by atoms with E-state index in [1.54, 1.807) is 4.90 Å². The van der Waals surface area contributed by atoms with E-state index in [0.29, 0.717) is 25.4 Å². The average Bonchev–Trinajstić information content (AvgIpc) is 2.22. The summed E-state index contributed by atoms with van der Waals surface area (Å²) in [5.41, 5.74) is 0. The number of aliphatic carboxylic acids is 1. The van der Waals surface area contributed by atoms with Crippen molar-refractivity contribution in [2.24, 2.45) is 5.92 Å². The highest BCUT2D eigenvalue weighted by atomic mass is 16.4. The zero-order valence-corrected chi connectivity index (χ0v) is 10.8. The number of amides is 1. The average molecular weight is 242 g/mol. The van der Waals surface area contributed by atoms with Crippen LogP contribution in [0.1, 0.15) is 27.2 Å². The molecule has 1 heterocycles. The monoisotopic (exact) mass is 242 g/mol. The fourth-order valence-electron chi connectivity index (χ4n) is 2.22. The Bertz CT molecular complexity index is 291. The van der Waals surface area contributed by atoms with Gasteiger partial charge in [0, 0.05) is 19.6 Å². The van der Waals surface area contributed by atoms with Gasteiger partial charge in [-0.2, -0.15) is 0 Å². The van der Waals surface area contributed by atoms with Gasteiger partial charge < -0.3 is 10.0 Å². The largest absolute Gasteiger partial charge is 0.480 e. The molecule has 1 atom stereocenters. The van der Waals surface area contributed by atoms with Crippen LogP contribution in [0.3, 0.4) is 0 Å². The smallest absolute Gasteiger partial charge is 0.320 e. The van der Waals surface area contributed by atoms with Crippen LogP contribution in [0.25, 0.3) is 0 Å². The Morgan fingerprint density at radius 3 is 2.47 bits per heavy atom. The zero-order chi connectivity index (χ0) is 13.0. The second-order valence-electron chi connectivity index (χ2n) is 4.97. The first-order valence-corrected chi connectivity index (χ1v) is 6.20. The van der Waals surface area contributed by atoms with E-state index in [-0.39, 0.29) is 12.5 Å². The maximum absolute atomic E-state index is 11.9. The minimum Gasteiger partial charge on any atom is -0.480 e. The normalized spacial score (nSPS) is 19.8. The van der Waals surface area contributed by atoms with E-state index in [0.717, 1.165) is 6.54 Å². The molecular weight excluding hydrogens is 220 g/mol. The van der Waals surface area contributed by atoms with Crippen molar-refractivity contribution in [1.82, 2.24) is 9.80 Å². The van der Waals surface area contributed by atoms with Crippen molar-refractivity contribution in [3.63, 3.8) is 0 Å². The topological polar surface area (TPSA) is 60.9 Å². The van der Waals surface area contributed by atoms with Crippen molar-refractivity contribution in [2.45, 2.75) is 33.2 Å². The highest BCUT2D eigenvalue weighted by Gasteiger charge is 2.31. The lowest BCUT2D eigenvalue weighted by Crippen LogP contribution is -2.55. The fourth-order valence-corrected chi connectivity index (χ4v) is 2.22. The Morgan fingerprint density at radius 2 is 2.06 bits per heavy atom. The summed E-state index contributed by atoms with van der Waals surface area (Å²) in [6.07, 6.45) is 0.535. The molecule has 0 aromatic heterocycles. The minimum absolute atomic E-state index is 0.0460. The molecule has 0 aliphatic carbocycles. The van der Waals surface area contributed by atoms with Gasteiger partial charge in [0.1, 0.15) is 6.04 Å². The highest BCUT2D eigenvalue weighted by molar-refractivity contribution is 5.81. The van der Waals surface area contributed by atoms with Crippen LogP contribution in [-0.4, -0.2) is 59.0 Å². The molecule has 1 N–H and O–H groups in total. The van der Waals surface area contributed by atoms with Gasteiger partial charge in [0.05, 0.1) is 6.54 Å². The molecule has 0 aromatic rings. The number of nitrogens with zero attached hydrogens (tertiary/aromatic N) is 2. The Hall–Kier alpha value is -1.10. The van der Waals surface area contributed by atoms with Gasteiger partial charge in [-0.15, -0.1) is 0 Å².